The van der Waals surface area contributed by atoms with E-state index in [1.165, 1.54) is 31.3 Å². The molecular formula is C23H24ClNO7. The van der Waals surface area contributed by atoms with E-state index < -0.39 is 23.5 Å². The van der Waals surface area contributed by atoms with Gasteiger partial charge in [-0.25, -0.2) is 0 Å². The first-order chi connectivity index (χ1) is 15.3. The Morgan fingerprint density at radius 1 is 1.22 bits per heavy atom. The summed E-state index contributed by atoms with van der Waals surface area (Å²) in [6, 6.07) is 5.48. The predicted molar refractivity (Wildman–Crippen MR) is 116 cm³/mol. The van der Waals surface area contributed by atoms with Crippen LogP contribution in [0.25, 0.3) is 5.76 Å². The Balaban J connectivity index is 1.86. The molecule has 9 heteroatoms. The van der Waals surface area contributed by atoms with E-state index in [0.29, 0.717) is 23.9 Å². The highest BCUT2D eigenvalue weighted by molar-refractivity contribution is 6.46. The number of ether oxygens (including phenoxy) is 3. The number of rotatable bonds is 6. The summed E-state index contributed by atoms with van der Waals surface area (Å²) in [5.74, 6) is -0.361. The number of halogens is 1. The Hall–Kier alpha value is -2.97. The Bertz CT molecular complexity index is 1080. The summed E-state index contributed by atoms with van der Waals surface area (Å²) in [6.07, 6.45) is 1.49. The first-order valence-electron chi connectivity index (χ1n) is 10.2. The third-order valence-electron chi connectivity index (χ3n) is 5.72. The number of amides is 1. The molecule has 1 aromatic heterocycles. The maximum Gasteiger partial charge on any atom is 0.295 e. The Kier molecular flexibility index (Phi) is 6.17. The van der Waals surface area contributed by atoms with Crippen molar-refractivity contribution in [1.29, 1.82) is 0 Å². The number of carbonyl (C=O) groups excluding carboxylic acids is 2. The number of nitrogens with zero attached hydrogens (tertiary/aromatic N) is 1. The van der Waals surface area contributed by atoms with Crippen molar-refractivity contribution in [2.45, 2.75) is 31.9 Å². The van der Waals surface area contributed by atoms with Crippen LogP contribution in [0, 0.1) is 6.92 Å². The van der Waals surface area contributed by atoms with E-state index >= 15 is 0 Å². The number of furan rings is 1. The van der Waals surface area contributed by atoms with Crippen LogP contribution >= 0.6 is 11.6 Å². The van der Waals surface area contributed by atoms with E-state index in [2.05, 4.69) is 0 Å². The van der Waals surface area contributed by atoms with Crippen LogP contribution in [0.1, 0.15) is 36.0 Å². The molecule has 32 heavy (non-hydrogen) atoms. The van der Waals surface area contributed by atoms with Gasteiger partial charge in [0.05, 0.1) is 36.5 Å². The second-order valence-electron chi connectivity index (χ2n) is 7.72. The van der Waals surface area contributed by atoms with Gasteiger partial charge in [-0.15, -0.1) is 0 Å². The molecule has 4 rings (SSSR count). The second-order valence-corrected chi connectivity index (χ2v) is 8.13. The van der Waals surface area contributed by atoms with Crippen LogP contribution in [0.3, 0.4) is 0 Å². The van der Waals surface area contributed by atoms with Crippen LogP contribution in [0.15, 0.2) is 34.3 Å². The fourth-order valence-electron chi connectivity index (χ4n) is 4.16. The van der Waals surface area contributed by atoms with Crippen molar-refractivity contribution in [3.05, 3.63) is 51.9 Å². The van der Waals surface area contributed by atoms with E-state index in [1.807, 2.05) is 0 Å². The van der Waals surface area contributed by atoms with Crippen LogP contribution in [0.5, 0.6) is 11.5 Å². The molecule has 1 N–H and O–H groups in total. The largest absolute Gasteiger partial charge is 0.507 e. The van der Waals surface area contributed by atoms with Gasteiger partial charge in [-0.1, -0.05) is 11.6 Å². The number of hydrogen-bond donors (Lipinski definition) is 1. The molecule has 0 radical (unpaired) electrons. The van der Waals surface area contributed by atoms with Crippen molar-refractivity contribution in [1.82, 2.24) is 4.90 Å². The zero-order valence-electron chi connectivity index (χ0n) is 18.0. The summed E-state index contributed by atoms with van der Waals surface area (Å²) in [6.45, 7) is 2.59. The lowest BCUT2D eigenvalue weighted by atomic mass is 9.98. The van der Waals surface area contributed by atoms with E-state index in [9.17, 15) is 14.7 Å². The number of aryl methyl sites for hydroxylation is 1. The Morgan fingerprint density at radius 2 is 1.97 bits per heavy atom. The Labute approximate surface area is 190 Å². The summed E-state index contributed by atoms with van der Waals surface area (Å²) in [4.78, 5) is 27.5. The third-order valence-corrected chi connectivity index (χ3v) is 6.02. The monoisotopic (exact) mass is 461 g/mol. The zero-order chi connectivity index (χ0) is 23.0. The lowest BCUT2D eigenvalue weighted by Crippen LogP contribution is -2.36. The molecule has 2 aliphatic heterocycles. The van der Waals surface area contributed by atoms with Crippen LogP contribution in [-0.4, -0.2) is 55.2 Å². The summed E-state index contributed by atoms with van der Waals surface area (Å²) in [5, 5.41) is 11.5. The third kappa shape index (κ3) is 3.84. The molecule has 0 aliphatic carbocycles. The van der Waals surface area contributed by atoms with Gasteiger partial charge in [0.2, 0.25) is 0 Å². The van der Waals surface area contributed by atoms with Gasteiger partial charge in [-0.3, -0.25) is 9.59 Å². The lowest BCUT2D eigenvalue weighted by Gasteiger charge is -2.25. The second kappa shape index (κ2) is 8.88. The highest BCUT2D eigenvalue weighted by atomic mass is 35.5. The molecule has 2 aromatic rings. The highest BCUT2D eigenvalue weighted by Gasteiger charge is 2.48. The van der Waals surface area contributed by atoms with Gasteiger partial charge >= 0.3 is 0 Å². The van der Waals surface area contributed by atoms with Crippen molar-refractivity contribution in [2.75, 3.05) is 27.4 Å². The van der Waals surface area contributed by atoms with Gasteiger partial charge in [-0.2, -0.15) is 0 Å². The molecule has 170 valence electrons. The van der Waals surface area contributed by atoms with Gasteiger partial charge in [0.25, 0.3) is 11.7 Å². The standard InChI is InChI=1S/C23H24ClNO7/c1-12-6-7-16(32-12)20-19(22(27)23(28)25(20)11-13-5-4-8-31-13)21(26)14-9-15(24)18(30-3)10-17(14)29-2/h6-7,9-10,13,20,26H,4-5,8,11H2,1-3H3/b21-19+. The van der Waals surface area contributed by atoms with Crippen LogP contribution in [-0.2, 0) is 14.3 Å². The topological polar surface area (TPSA) is 98.4 Å². The average molecular weight is 462 g/mol. The molecule has 1 amide bonds. The molecule has 0 bridgehead atoms. The minimum absolute atomic E-state index is 0.0955. The van der Waals surface area contributed by atoms with E-state index in [1.54, 1.807) is 19.1 Å². The molecule has 2 atom stereocenters. The molecule has 2 fully saturated rings. The fraction of sp³-hybridized carbons (Fsp3) is 0.391. The first-order valence-corrected chi connectivity index (χ1v) is 10.6. The van der Waals surface area contributed by atoms with Crippen molar-refractivity contribution >= 4 is 29.1 Å². The van der Waals surface area contributed by atoms with Crippen molar-refractivity contribution in [2.24, 2.45) is 0 Å². The molecule has 2 aliphatic rings. The van der Waals surface area contributed by atoms with Gasteiger partial charge in [0.15, 0.2) is 0 Å². The molecule has 2 saturated heterocycles. The number of hydrogen-bond acceptors (Lipinski definition) is 7. The normalized spacial score (nSPS) is 22.6. The number of ketones is 1. The van der Waals surface area contributed by atoms with E-state index in [0.717, 1.165) is 12.8 Å². The number of benzene rings is 1. The number of methoxy groups -OCH3 is 2. The number of aliphatic hydroxyl groups is 1. The SMILES string of the molecule is COc1cc(OC)c(/C(O)=C2\C(=O)C(=O)N(CC3CCCO3)C2c2ccc(C)o2)cc1Cl. The number of likely N-dealkylation sites (tertiary alicyclic amines) is 1. The van der Waals surface area contributed by atoms with Gasteiger partial charge in [-0.05, 0) is 38.0 Å². The number of Topliss-reactive ketones (excluding diaryl/α,β-unsaturated/α-hetero) is 1. The fourth-order valence-corrected chi connectivity index (χ4v) is 4.40. The molecule has 3 heterocycles. The lowest BCUT2D eigenvalue weighted by molar-refractivity contribution is -0.141. The van der Waals surface area contributed by atoms with Crippen molar-refractivity contribution < 1.29 is 33.3 Å². The maximum absolute atomic E-state index is 13.1. The summed E-state index contributed by atoms with van der Waals surface area (Å²) in [7, 11) is 2.87. The Morgan fingerprint density at radius 3 is 2.56 bits per heavy atom. The first kappa shape index (κ1) is 22.2. The molecule has 8 nitrogen and oxygen atoms in total. The van der Waals surface area contributed by atoms with Crippen LogP contribution < -0.4 is 9.47 Å². The summed E-state index contributed by atoms with van der Waals surface area (Å²) in [5.41, 5.74) is 0.0728. The van der Waals surface area contributed by atoms with E-state index in [-0.39, 0.29) is 34.6 Å². The van der Waals surface area contributed by atoms with Gasteiger partial charge in [0, 0.05) is 19.2 Å². The molecule has 2 unspecified atom stereocenters. The van der Waals surface area contributed by atoms with Gasteiger partial charge in [0.1, 0.15) is 34.8 Å². The molecule has 0 spiro atoms. The summed E-state index contributed by atoms with van der Waals surface area (Å²) < 4.78 is 22.0. The average Bonchev–Trinajstić information content (AvgIpc) is 3.50. The maximum atomic E-state index is 13.1. The quantitative estimate of drug-likeness (QED) is 0.396. The number of carbonyl (C=O) groups is 2. The minimum Gasteiger partial charge on any atom is -0.507 e. The summed E-state index contributed by atoms with van der Waals surface area (Å²) >= 11 is 6.26. The predicted octanol–water partition coefficient (Wildman–Crippen LogP) is 3.86. The highest BCUT2D eigenvalue weighted by Crippen LogP contribution is 2.43. The molecular weight excluding hydrogens is 438 g/mol. The minimum atomic E-state index is -0.904. The van der Waals surface area contributed by atoms with Crippen LogP contribution in [0.2, 0.25) is 5.02 Å². The number of aliphatic hydroxyl groups excluding tert-OH is 1. The van der Waals surface area contributed by atoms with Crippen molar-refractivity contribution in [3.8, 4) is 11.5 Å². The molecule has 1 aromatic carbocycles. The smallest absolute Gasteiger partial charge is 0.295 e. The van der Waals surface area contributed by atoms with Crippen LogP contribution in [0.4, 0.5) is 0 Å². The van der Waals surface area contributed by atoms with E-state index in [4.69, 9.17) is 30.2 Å². The van der Waals surface area contributed by atoms with Crippen molar-refractivity contribution in [3.63, 3.8) is 0 Å². The molecule has 0 saturated carbocycles. The van der Waals surface area contributed by atoms with Gasteiger partial charge < -0.3 is 28.6 Å². The zero-order valence-corrected chi connectivity index (χ0v) is 18.8.